The van der Waals surface area contributed by atoms with Crippen LogP contribution in [0.1, 0.15) is 41.5 Å². The van der Waals surface area contributed by atoms with Crippen molar-refractivity contribution in [3.05, 3.63) is 64.4 Å². The van der Waals surface area contributed by atoms with Crippen LogP contribution in [0.15, 0.2) is 42.5 Å². The van der Waals surface area contributed by atoms with Crippen molar-refractivity contribution in [2.75, 3.05) is 0 Å². The number of para-hydroxylation sites is 1. The number of carboxylic acids is 1. The Hall–Kier alpha value is -2.33. The first-order valence-corrected chi connectivity index (χ1v) is 8.44. The summed E-state index contributed by atoms with van der Waals surface area (Å²) in [4.78, 5) is 16.3. The third-order valence-electron chi connectivity index (χ3n) is 4.12. The SMILES string of the molecule is CCCCc1nc2cccc(C(=O)O)c2n1Cc1ccccc1Cl. The zero-order valence-corrected chi connectivity index (χ0v) is 14.3. The minimum Gasteiger partial charge on any atom is -0.478 e. The number of imidazole rings is 1. The predicted octanol–water partition coefficient (Wildman–Crippen LogP) is 4.78. The molecule has 0 aliphatic rings. The van der Waals surface area contributed by atoms with Crippen LogP contribution in [-0.2, 0) is 13.0 Å². The van der Waals surface area contributed by atoms with E-state index in [1.54, 1.807) is 12.1 Å². The van der Waals surface area contributed by atoms with Crippen molar-refractivity contribution in [1.82, 2.24) is 9.55 Å². The summed E-state index contributed by atoms with van der Waals surface area (Å²) in [7, 11) is 0. The van der Waals surface area contributed by atoms with Crippen LogP contribution in [-0.4, -0.2) is 20.6 Å². The van der Waals surface area contributed by atoms with Gasteiger partial charge in [-0.1, -0.05) is 49.2 Å². The molecule has 0 amide bonds. The molecule has 1 aromatic heterocycles. The largest absolute Gasteiger partial charge is 0.478 e. The lowest BCUT2D eigenvalue weighted by Crippen LogP contribution is -2.08. The highest BCUT2D eigenvalue weighted by Crippen LogP contribution is 2.25. The number of halogens is 1. The maximum atomic E-state index is 11.6. The number of rotatable bonds is 6. The fourth-order valence-corrected chi connectivity index (χ4v) is 3.09. The van der Waals surface area contributed by atoms with Crippen molar-refractivity contribution in [1.29, 1.82) is 0 Å². The van der Waals surface area contributed by atoms with Gasteiger partial charge in [-0.25, -0.2) is 9.78 Å². The van der Waals surface area contributed by atoms with Crippen LogP contribution in [0.2, 0.25) is 5.02 Å². The third-order valence-corrected chi connectivity index (χ3v) is 4.49. The number of carbonyl (C=O) groups is 1. The maximum Gasteiger partial charge on any atom is 0.337 e. The number of hydrogen-bond donors (Lipinski definition) is 1. The van der Waals surface area contributed by atoms with Crippen molar-refractivity contribution in [3.8, 4) is 0 Å². The van der Waals surface area contributed by atoms with Gasteiger partial charge in [-0.15, -0.1) is 0 Å². The van der Waals surface area contributed by atoms with E-state index >= 15 is 0 Å². The van der Waals surface area contributed by atoms with Crippen molar-refractivity contribution in [2.45, 2.75) is 32.7 Å². The van der Waals surface area contributed by atoms with Gasteiger partial charge in [0, 0.05) is 11.4 Å². The van der Waals surface area contributed by atoms with Crippen molar-refractivity contribution < 1.29 is 9.90 Å². The zero-order chi connectivity index (χ0) is 17.1. The van der Waals surface area contributed by atoms with E-state index in [1.807, 2.05) is 34.9 Å². The molecule has 0 radical (unpaired) electrons. The molecule has 3 rings (SSSR count). The molecule has 1 N–H and O–H groups in total. The molecule has 0 fully saturated rings. The molecule has 124 valence electrons. The van der Waals surface area contributed by atoms with E-state index in [4.69, 9.17) is 11.6 Å². The Morgan fingerprint density at radius 3 is 2.71 bits per heavy atom. The summed E-state index contributed by atoms with van der Waals surface area (Å²) in [5.74, 6) is -0.0385. The number of fused-ring (bicyclic) bond motifs is 1. The number of hydrogen-bond acceptors (Lipinski definition) is 2. The van der Waals surface area contributed by atoms with Crippen LogP contribution in [0.25, 0.3) is 11.0 Å². The molecule has 0 atom stereocenters. The number of nitrogens with zero attached hydrogens (tertiary/aromatic N) is 2. The van der Waals surface area contributed by atoms with Gasteiger partial charge in [0.05, 0.1) is 23.1 Å². The summed E-state index contributed by atoms with van der Waals surface area (Å²) < 4.78 is 2.00. The lowest BCUT2D eigenvalue weighted by atomic mass is 10.1. The van der Waals surface area contributed by atoms with Crippen molar-refractivity contribution >= 4 is 28.6 Å². The lowest BCUT2D eigenvalue weighted by molar-refractivity contribution is 0.0698. The van der Waals surface area contributed by atoms with Gasteiger partial charge in [0.1, 0.15) is 5.82 Å². The number of unbranched alkanes of at least 4 members (excludes halogenated alkanes) is 1. The lowest BCUT2D eigenvalue weighted by Gasteiger charge is -2.12. The second-order valence-corrected chi connectivity index (χ2v) is 6.19. The summed E-state index contributed by atoms with van der Waals surface area (Å²) in [6.07, 6.45) is 2.88. The molecule has 0 aliphatic heterocycles. The molecule has 0 saturated carbocycles. The Morgan fingerprint density at radius 2 is 2.00 bits per heavy atom. The van der Waals surface area contributed by atoms with Gasteiger partial charge >= 0.3 is 5.97 Å². The summed E-state index contributed by atoms with van der Waals surface area (Å²) in [5.41, 5.74) is 2.61. The van der Waals surface area contributed by atoms with Crippen LogP contribution in [0, 0.1) is 0 Å². The standard InChI is InChI=1S/C19H19ClN2O2/c1-2-3-11-17-21-16-10-6-8-14(19(23)24)18(16)22(17)12-13-7-4-5-9-15(13)20/h4-10H,2-3,11-12H2,1H3,(H,23,24). The normalized spacial score (nSPS) is 11.1. The number of benzene rings is 2. The monoisotopic (exact) mass is 342 g/mol. The van der Waals surface area contributed by atoms with Gasteiger partial charge in [0.2, 0.25) is 0 Å². The van der Waals surface area contributed by atoms with Crippen LogP contribution in [0.4, 0.5) is 0 Å². The number of aromatic carboxylic acids is 1. The van der Waals surface area contributed by atoms with Gasteiger partial charge in [0.25, 0.3) is 0 Å². The van der Waals surface area contributed by atoms with Gasteiger partial charge in [-0.2, -0.15) is 0 Å². The maximum absolute atomic E-state index is 11.6. The Labute approximate surface area is 145 Å². The van der Waals surface area contributed by atoms with E-state index in [9.17, 15) is 9.90 Å². The van der Waals surface area contributed by atoms with E-state index in [2.05, 4.69) is 11.9 Å². The van der Waals surface area contributed by atoms with Crippen LogP contribution in [0.3, 0.4) is 0 Å². The smallest absolute Gasteiger partial charge is 0.337 e. The molecule has 0 spiro atoms. The van der Waals surface area contributed by atoms with Gasteiger partial charge in [-0.3, -0.25) is 0 Å². The highest BCUT2D eigenvalue weighted by molar-refractivity contribution is 6.31. The molecule has 0 saturated heterocycles. The number of aryl methyl sites for hydroxylation is 1. The van der Waals surface area contributed by atoms with E-state index in [0.29, 0.717) is 22.6 Å². The quantitative estimate of drug-likeness (QED) is 0.701. The van der Waals surface area contributed by atoms with Gasteiger partial charge in [-0.05, 0) is 30.2 Å². The zero-order valence-electron chi connectivity index (χ0n) is 13.5. The highest BCUT2D eigenvalue weighted by Gasteiger charge is 2.18. The van der Waals surface area contributed by atoms with Gasteiger partial charge < -0.3 is 9.67 Å². The minimum atomic E-state index is -0.942. The molecule has 0 unspecified atom stereocenters. The predicted molar refractivity (Wildman–Crippen MR) is 95.9 cm³/mol. The first kappa shape index (κ1) is 16.5. The molecule has 24 heavy (non-hydrogen) atoms. The summed E-state index contributed by atoms with van der Waals surface area (Å²) >= 11 is 6.30. The topological polar surface area (TPSA) is 55.1 Å². The van der Waals surface area contributed by atoms with E-state index < -0.39 is 5.97 Å². The Balaban J connectivity index is 2.18. The molecule has 3 aromatic rings. The fraction of sp³-hybridized carbons (Fsp3) is 0.263. The number of aromatic nitrogens is 2. The summed E-state index contributed by atoms with van der Waals surface area (Å²) in [6.45, 7) is 2.64. The summed E-state index contributed by atoms with van der Waals surface area (Å²) in [6, 6.07) is 12.9. The second-order valence-electron chi connectivity index (χ2n) is 5.79. The first-order chi connectivity index (χ1) is 11.6. The van der Waals surface area contributed by atoms with Crippen molar-refractivity contribution in [3.63, 3.8) is 0 Å². The molecular formula is C19H19ClN2O2. The Morgan fingerprint density at radius 1 is 1.21 bits per heavy atom. The van der Waals surface area contributed by atoms with E-state index in [-0.39, 0.29) is 5.56 Å². The molecule has 4 nitrogen and oxygen atoms in total. The molecule has 1 heterocycles. The molecule has 0 bridgehead atoms. The van der Waals surface area contributed by atoms with Crippen LogP contribution < -0.4 is 0 Å². The average Bonchev–Trinajstić information content (AvgIpc) is 2.92. The van der Waals surface area contributed by atoms with Crippen LogP contribution >= 0.6 is 11.6 Å². The second kappa shape index (κ2) is 7.05. The highest BCUT2D eigenvalue weighted by atomic mass is 35.5. The molecule has 0 aliphatic carbocycles. The minimum absolute atomic E-state index is 0.273. The Kier molecular flexibility index (Phi) is 4.86. The van der Waals surface area contributed by atoms with Crippen LogP contribution in [0.5, 0.6) is 0 Å². The number of carboxylic acid groups (broad SMARTS) is 1. The Bertz CT molecular complexity index is 886. The summed E-state index contributed by atoms with van der Waals surface area (Å²) in [5, 5.41) is 10.2. The molecule has 5 heteroatoms. The molecular weight excluding hydrogens is 324 g/mol. The first-order valence-electron chi connectivity index (χ1n) is 8.06. The molecule has 2 aromatic carbocycles. The van der Waals surface area contributed by atoms with Crippen molar-refractivity contribution in [2.24, 2.45) is 0 Å². The van der Waals surface area contributed by atoms with E-state index in [1.165, 1.54) is 0 Å². The third kappa shape index (κ3) is 3.15. The fourth-order valence-electron chi connectivity index (χ4n) is 2.90. The van der Waals surface area contributed by atoms with E-state index in [0.717, 1.165) is 30.7 Å². The average molecular weight is 343 g/mol. The van der Waals surface area contributed by atoms with Gasteiger partial charge in [0.15, 0.2) is 0 Å².